The molecular formula is C15H19N3O2. The van der Waals surface area contributed by atoms with Crippen molar-refractivity contribution in [2.75, 3.05) is 0 Å². The predicted molar refractivity (Wildman–Crippen MR) is 76.7 cm³/mol. The molecule has 0 aliphatic rings. The molecule has 0 aliphatic heterocycles. The molecule has 0 amide bonds. The molecule has 0 saturated carbocycles. The normalized spacial score (nSPS) is 12.4. The summed E-state index contributed by atoms with van der Waals surface area (Å²) in [6.07, 6.45) is 3.46. The third-order valence-corrected chi connectivity index (χ3v) is 2.88. The first-order valence-electron chi connectivity index (χ1n) is 6.52. The maximum Gasteiger partial charge on any atom is 0.184 e. The second-order valence-electron chi connectivity index (χ2n) is 4.98. The largest absolute Gasteiger partial charge is 0.491 e. The number of aryl methyl sites for hydroxylation is 1. The van der Waals surface area contributed by atoms with Crippen LogP contribution in [-0.4, -0.2) is 21.7 Å². The zero-order chi connectivity index (χ0) is 14.7. The van der Waals surface area contributed by atoms with Gasteiger partial charge < -0.3 is 10.5 Å². The van der Waals surface area contributed by atoms with E-state index in [1.54, 1.807) is 48.4 Å². The first-order chi connectivity index (χ1) is 9.47. The Morgan fingerprint density at radius 2 is 1.95 bits per heavy atom. The van der Waals surface area contributed by atoms with Crippen LogP contribution in [0.15, 0.2) is 36.7 Å². The minimum absolute atomic E-state index is 0.106. The van der Waals surface area contributed by atoms with Crippen LogP contribution in [0.25, 0.3) is 0 Å². The Kier molecular flexibility index (Phi) is 4.20. The predicted octanol–water partition coefficient (Wildman–Crippen LogP) is 2.09. The third kappa shape index (κ3) is 3.24. The molecule has 1 atom stereocenters. The maximum atomic E-state index is 12.3. The number of nitrogens with two attached hydrogens (primary N) is 1. The van der Waals surface area contributed by atoms with Crippen LogP contribution in [0.4, 0.5) is 0 Å². The number of ether oxygens (including phenoxy) is 1. The topological polar surface area (TPSA) is 70.1 Å². The lowest BCUT2D eigenvalue weighted by atomic mass is 10.0. The average molecular weight is 273 g/mol. The van der Waals surface area contributed by atoms with Crippen molar-refractivity contribution < 1.29 is 9.53 Å². The highest BCUT2D eigenvalue weighted by Crippen LogP contribution is 2.19. The smallest absolute Gasteiger partial charge is 0.184 e. The molecule has 0 spiro atoms. The number of Topliss-reactive ketones (excluding diaryl/α,β-unsaturated/α-hetero) is 1. The van der Waals surface area contributed by atoms with Gasteiger partial charge in [0.25, 0.3) is 0 Å². The maximum absolute atomic E-state index is 12.3. The van der Waals surface area contributed by atoms with Crippen molar-refractivity contribution in [3.05, 3.63) is 47.8 Å². The van der Waals surface area contributed by atoms with Gasteiger partial charge in [0, 0.05) is 24.4 Å². The number of carbonyl (C=O) groups excluding carboxylic acids is 1. The van der Waals surface area contributed by atoms with Crippen molar-refractivity contribution in [3.63, 3.8) is 0 Å². The highest BCUT2D eigenvalue weighted by Gasteiger charge is 2.19. The number of benzene rings is 1. The van der Waals surface area contributed by atoms with E-state index in [2.05, 4.69) is 5.10 Å². The van der Waals surface area contributed by atoms with E-state index in [9.17, 15) is 4.79 Å². The Morgan fingerprint density at radius 3 is 2.45 bits per heavy atom. The molecule has 2 aromatic rings. The van der Waals surface area contributed by atoms with Gasteiger partial charge in [-0.2, -0.15) is 5.10 Å². The summed E-state index contributed by atoms with van der Waals surface area (Å²) >= 11 is 0. The fourth-order valence-corrected chi connectivity index (χ4v) is 1.90. The van der Waals surface area contributed by atoms with Crippen molar-refractivity contribution in [1.82, 2.24) is 9.78 Å². The van der Waals surface area contributed by atoms with Gasteiger partial charge in [-0.25, -0.2) is 0 Å². The first kappa shape index (κ1) is 14.3. The number of ketones is 1. The summed E-state index contributed by atoms with van der Waals surface area (Å²) in [6, 6.07) is 6.33. The fraction of sp³-hybridized carbons (Fsp3) is 0.333. The van der Waals surface area contributed by atoms with Crippen LogP contribution in [0.3, 0.4) is 0 Å². The molecule has 0 radical (unpaired) electrons. The highest BCUT2D eigenvalue weighted by atomic mass is 16.5. The van der Waals surface area contributed by atoms with E-state index in [-0.39, 0.29) is 11.9 Å². The average Bonchev–Trinajstić information content (AvgIpc) is 2.84. The van der Waals surface area contributed by atoms with Crippen LogP contribution in [-0.2, 0) is 7.05 Å². The Balaban J connectivity index is 2.12. The molecule has 2 rings (SSSR count). The van der Waals surface area contributed by atoms with Crippen LogP contribution in [0.5, 0.6) is 5.75 Å². The summed E-state index contributed by atoms with van der Waals surface area (Å²) in [5, 5.41) is 4.02. The van der Waals surface area contributed by atoms with Crippen molar-refractivity contribution in [2.45, 2.75) is 26.0 Å². The molecule has 5 nitrogen and oxygen atoms in total. The summed E-state index contributed by atoms with van der Waals surface area (Å²) in [5.41, 5.74) is 7.24. The van der Waals surface area contributed by atoms with E-state index in [0.29, 0.717) is 11.1 Å². The lowest BCUT2D eigenvalue weighted by Crippen LogP contribution is -2.21. The molecule has 5 heteroatoms. The quantitative estimate of drug-likeness (QED) is 0.847. The Morgan fingerprint density at radius 1 is 1.30 bits per heavy atom. The Labute approximate surface area is 118 Å². The van der Waals surface area contributed by atoms with Gasteiger partial charge >= 0.3 is 0 Å². The van der Waals surface area contributed by atoms with E-state index in [0.717, 1.165) is 5.75 Å². The van der Waals surface area contributed by atoms with E-state index >= 15 is 0 Å². The van der Waals surface area contributed by atoms with Crippen molar-refractivity contribution in [3.8, 4) is 5.75 Å². The molecule has 1 aromatic heterocycles. The minimum atomic E-state index is -0.694. The van der Waals surface area contributed by atoms with Gasteiger partial charge in [-0.15, -0.1) is 0 Å². The van der Waals surface area contributed by atoms with Crippen molar-refractivity contribution in [2.24, 2.45) is 12.8 Å². The van der Waals surface area contributed by atoms with E-state index < -0.39 is 6.04 Å². The lowest BCUT2D eigenvalue weighted by molar-refractivity contribution is 0.0961. The molecule has 1 unspecified atom stereocenters. The van der Waals surface area contributed by atoms with Crippen LogP contribution in [0, 0.1) is 0 Å². The zero-order valence-corrected chi connectivity index (χ0v) is 11.9. The number of rotatable bonds is 5. The molecule has 1 heterocycles. The van der Waals surface area contributed by atoms with Crippen molar-refractivity contribution in [1.29, 1.82) is 0 Å². The van der Waals surface area contributed by atoms with Gasteiger partial charge in [0.2, 0.25) is 0 Å². The molecular weight excluding hydrogens is 254 g/mol. The number of nitrogens with zero attached hydrogens (tertiary/aromatic N) is 2. The second-order valence-corrected chi connectivity index (χ2v) is 4.98. The molecule has 0 bridgehead atoms. The monoisotopic (exact) mass is 273 g/mol. The standard InChI is InChI=1S/C15H19N3O2/c1-10(2)20-13-6-4-11(5-7-13)15(19)14(16)12-8-17-18(3)9-12/h4-10,14H,16H2,1-3H3. The Hall–Kier alpha value is -2.14. The summed E-state index contributed by atoms with van der Waals surface area (Å²) in [5.74, 6) is 0.612. The summed E-state index contributed by atoms with van der Waals surface area (Å²) in [6.45, 7) is 3.91. The van der Waals surface area contributed by atoms with Gasteiger partial charge in [-0.3, -0.25) is 9.48 Å². The first-order valence-corrected chi connectivity index (χ1v) is 6.52. The van der Waals surface area contributed by atoms with E-state index in [1.165, 1.54) is 0 Å². The van der Waals surface area contributed by atoms with Crippen LogP contribution in [0.2, 0.25) is 0 Å². The third-order valence-electron chi connectivity index (χ3n) is 2.88. The van der Waals surface area contributed by atoms with Gasteiger partial charge in [-0.05, 0) is 38.1 Å². The SMILES string of the molecule is CC(C)Oc1ccc(C(=O)C(N)c2cnn(C)c2)cc1. The minimum Gasteiger partial charge on any atom is -0.491 e. The second kappa shape index (κ2) is 5.88. The van der Waals surface area contributed by atoms with Crippen LogP contribution >= 0.6 is 0 Å². The number of hydrogen-bond donors (Lipinski definition) is 1. The molecule has 20 heavy (non-hydrogen) atoms. The zero-order valence-electron chi connectivity index (χ0n) is 11.9. The summed E-state index contributed by atoms with van der Waals surface area (Å²) in [7, 11) is 1.79. The molecule has 1 aromatic carbocycles. The molecule has 0 aliphatic carbocycles. The summed E-state index contributed by atoms with van der Waals surface area (Å²) < 4.78 is 7.17. The Bertz CT molecular complexity index is 587. The fourth-order valence-electron chi connectivity index (χ4n) is 1.90. The van der Waals surface area contributed by atoms with Gasteiger partial charge in [0.05, 0.1) is 18.3 Å². The summed E-state index contributed by atoms with van der Waals surface area (Å²) in [4.78, 5) is 12.3. The number of aromatic nitrogens is 2. The molecule has 2 N–H and O–H groups in total. The highest BCUT2D eigenvalue weighted by molar-refractivity contribution is 6.00. The van der Waals surface area contributed by atoms with E-state index in [1.807, 2.05) is 13.8 Å². The molecule has 0 fully saturated rings. The lowest BCUT2D eigenvalue weighted by Gasteiger charge is -2.11. The van der Waals surface area contributed by atoms with Gasteiger partial charge in [0.1, 0.15) is 5.75 Å². The van der Waals surface area contributed by atoms with E-state index in [4.69, 9.17) is 10.5 Å². The number of hydrogen-bond acceptors (Lipinski definition) is 4. The van der Waals surface area contributed by atoms with Crippen LogP contribution < -0.4 is 10.5 Å². The van der Waals surface area contributed by atoms with Crippen LogP contribution in [0.1, 0.15) is 35.8 Å². The number of carbonyl (C=O) groups is 1. The molecule has 0 saturated heterocycles. The molecule has 106 valence electrons. The van der Waals surface area contributed by atoms with Gasteiger partial charge in [0.15, 0.2) is 5.78 Å². The van der Waals surface area contributed by atoms with Crippen molar-refractivity contribution >= 4 is 5.78 Å². The van der Waals surface area contributed by atoms with Gasteiger partial charge in [-0.1, -0.05) is 0 Å².